The summed E-state index contributed by atoms with van der Waals surface area (Å²) in [7, 11) is 0. The summed E-state index contributed by atoms with van der Waals surface area (Å²) < 4.78 is 10.7. The zero-order chi connectivity index (χ0) is 12.8. The van der Waals surface area contributed by atoms with E-state index in [1.807, 2.05) is 27.7 Å². The summed E-state index contributed by atoms with van der Waals surface area (Å²) >= 11 is 1.61. The first-order valence-corrected chi connectivity index (χ1v) is 6.74. The van der Waals surface area contributed by atoms with Crippen molar-refractivity contribution in [2.45, 2.75) is 46.5 Å². The average molecular weight is 259 g/mol. The third kappa shape index (κ3) is 4.35. The molecule has 0 saturated heterocycles. The molecule has 0 saturated carbocycles. The van der Waals surface area contributed by atoms with E-state index in [1.54, 1.807) is 11.3 Å². The van der Waals surface area contributed by atoms with Crippen molar-refractivity contribution >= 4 is 11.3 Å². The maximum Gasteiger partial charge on any atom is 0.183 e. The van der Waals surface area contributed by atoms with Crippen molar-refractivity contribution in [3.05, 3.63) is 15.6 Å². The normalized spacial score (nSPS) is 13.3. The molecule has 0 spiro atoms. The second-order valence-electron chi connectivity index (χ2n) is 3.80. The van der Waals surface area contributed by atoms with Gasteiger partial charge in [0.25, 0.3) is 0 Å². The molecule has 0 bridgehead atoms. The van der Waals surface area contributed by atoms with E-state index in [1.165, 1.54) is 4.88 Å². The monoisotopic (exact) mass is 259 g/mol. The number of ether oxygens (including phenoxy) is 2. The van der Waals surface area contributed by atoms with E-state index in [9.17, 15) is 5.11 Å². The fourth-order valence-electron chi connectivity index (χ4n) is 1.50. The number of thiazole rings is 1. The van der Waals surface area contributed by atoms with Gasteiger partial charge in [0.05, 0.1) is 10.7 Å². The van der Waals surface area contributed by atoms with E-state index in [4.69, 9.17) is 9.47 Å². The highest BCUT2D eigenvalue weighted by Gasteiger charge is 2.21. The van der Waals surface area contributed by atoms with Crippen molar-refractivity contribution in [2.75, 3.05) is 13.2 Å². The molecule has 0 fully saturated rings. The first-order chi connectivity index (χ1) is 8.08. The number of aromatic nitrogens is 1. The zero-order valence-corrected chi connectivity index (χ0v) is 11.7. The van der Waals surface area contributed by atoms with Gasteiger partial charge in [0, 0.05) is 24.5 Å². The first-order valence-electron chi connectivity index (χ1n) is 5.92. The molecule has 17 heavy (non-hydrogen) atoms. The quantitative estimate of drug-likeness (QED) is 0.762. The van der Waals surface area contributed by atoms with Gasteiger partial charge in [0.2, 0.25) is 0 Å². The van der Waals surface area contributed by atoms with Gasteiger partial charge in [-0.05, 0) is 27.7 Å². The molecule has 1 aromatic rings. The Kier molecular flexibility index (Phi) is 6.05. The fraction of sp³-hybridized carbons (Fsp3) is 0.750. The van der Waals surface area contributed by atoms with Crippen molar-refractivity contribution in [1.82, 2.24) is 4.98 Å². The number of hydrogen-bond donors (Lipinski definition) is 1. The standard InChI is InChI=1S/C12H21NO3S/c1-5-15-12(16-6-2)10(14)7-11-13-8(3)9(4)17-11/h10,12,14H,5-7H2,1-4H3. The molecule has 0 aliphatic rings. The van der Waals surface area contributed by atoms with Crippen molar-refractivity contribution in [3.63, 3.8) is 0 Å². The van der Waals surface area contributed by atoms with Crippen LogP contribution < -0.4 is 0 Å². The van der Waals surface area contributed by atoms with Crippen LogP contribution in [0.5, 0.6) is 0 Å². The average Bonchev–Trinajstić information content (AvgIpc) is 2.57. The molecule has 0 amide bonds. The van der Waals surface area contributed by atoms with Crippen LogP contribution in [0.1, 0.15) is 29.4 Å². The van der Waals surface area contributed by atoms with Crippen LogP contribution in [0, 0.1) is 13.8 Å². The predicted molar refractivity (Wildman–Crippen MR) is 68.3 cm³/mol. The number of aliphatic hydroxyl groups excluding tert-OH is 1. The summed E-state index contributed by atoms with van der Waals surface area (Å²) in [4.78, 5) is 5.59. The van der Waals surface area contributed by atoms with Crippen LogP contribution in [0.2, 0.25) is 0 Å². The highest BCUT2D eigenvalue weighted by atomic mass is 32.1. The van der Waals surface area contributed by atoms with Gasteiger partial charge in [-0.2, -0.15) is 0 Å². The first kappa shape index (κ1) is 14.6. The molecule has 5 heteroatoms. The van der Waals surface area contributed by atoms with E-state index >= 15 is 0 Å². The van der Waals surface area contributed by atoms with E-state index in [2.05, 4.69) is 4.98 Å². The van der Waals surface area contributed by atoms with E-state index in [-0.39, 0.29) is 0 Å². The third-order valence-corrected chi connectivity index (χ3v) is 3.53. The van der Waals surface area contributed by atoms with Crippen molar-refractivity contribution in [2.24, 2.45) is 0 Å². The molecular formula is C12H21NO3S. The summed E-state index contributed by atoms with van der Waals surface area (Å²) in [5.74, 6) is 0. The van der Waals surface area contributed by atoms with E-state index in [0.717, 1.165) is 10.7 Å². The summed E-state index contributed by atoms with van der Waals surface area (Å²) in [5.41, 5.74) is 1.03. The zero-order valence-electron chi connectivity index (χ0n) is 10.9. The minimum absolute atomic E-state index is 0.476. The van der Waals surface area contributed by atoms with Gasteiger partial charge in [0.15, 0.2) is 6.29 Å². The number of nitrogens with zero attached hydrogens (tertiary/aromatic N) is 1. The Labute approximate surface area is 107 Å². The molecule has 1 aromatic heterocycles. The Morgan fingerprint density at radius 2 is 1.82 bits per heavy atom. The lowest BCUT2D eigenvalue weighted by Crippen LogP contribution is -2.33. The minimum atomic E-state index is -0.667. The van der Waals surface area contributed by atoms with Gasteiger partial charge in [-0.15, -0.1) is 11.3 Å². The molecule has 0 aliphatic heterocycles. The molecule has 1 unspecified atom stereocenters. The van der Waals surface area contributed by atoms with Crippen LogP contribution in [0.15, 0.2) is 0 Å². The largest absolute Gasteiger partial charge is 0.387 e. The van der Waals surface area contributed by atoms with Crippen LogP contribution in [0.4, 0.5) is 0 Å². The summed E-state index contributed by atoms with van der Waals surface area (Å²) in [6, 6.07) is 0. The molecular weight excluding hydrogens is 238 g/mol. The van der Waals surface area contributed by atoms with Crippen molar-refractivity contribution < 1.29 is 14.6 Å². The van der Waals surface area contributed by atoms with Crippen molar-refractivity contribution in [1.29, 1.82) is 0 Å². The molecule has 1 rings (SSSR count). The molecule has 0 aliphatic carbocycles. The summed E-state index contributed by atoms with van der Waals surface area (Å²) in [6.45, 7) is 8.83. The number of aliphatic hydroxyl groups is 1. The number of rotatable bonds is 7. The molecule has 4 nitrogen and oxygen atoms in total. The molecule has 1 N–H and O–H groups in total. The van der Waals surface area contributed by atoms with Crippen LogP contribution in [0.25, 0.3) is 0 Å². The van der Waals surface area contributed by atoms with Crippen molar-refractivity contribution in [3.8, 4) is 0 Å². The van der Waals surface area contributed by atoms with E-state index < -0.39 is 12.4 Å². The lowest BCUT2D eigenvalue weighted by atomic mass is 10.2. The Morgan fingerprint density at radius 1 is 1.24 bits per heavy atom. The highest BCUT2D eigenvalue weighted by Crippen LogP contribution is 2.19. The SMILES string of the molecule is CCOC(OCC)C(O)Cc1nc(C)c(C)s1. The van der Waals surface area contributed by atoms with Gasteiger partial charge >= 0.3 is 0 Å². The highest BCUT2D eigenvalue weighted by molar-refractivity contribution is 7.11. The van der Waals surface area contributed by atoms with Crippen LogP contribution in [-0.4, -0.2) is 35.7 Å². The molecule has 1 atom stereocenters. The van der Waals surface area contributed by atoms with Gasteiger partial charge in [-0.3, -0.25) is 0 Å². The van der Waals surface area contributed by atoms with Gasteiger partial charge in [-0.25, -0.2) is 4.98 Å². The topological polar surface area (TPSA) is 51.6 Å². The van der Waals surface area contributed by atoms with Gasteiger partial charge in [0.1, 0.15) is 6.10 Å². The predicted octanol–water partition coefficient (Wildman–Crippen LogP) is 2.06. The summed E-state index contributed by atoms with van der Waals surface area (Å²) in [5, 5.41) is 11.0. The third-order valence-electron chi connectivity index (χ3n) is 2.43. The molecule has 98 valence electrons. The number of hydrogen-bond acceptors (Lipinski definition) is 5. The Hall–Kier alpha value is -0.490. The fourth-order valence-corrected chi connectivity index (χ4v) is 2.48. The molecule has 0 radical (unpaired) electrons. The lowest BCUT2D eigenvalue weighted by Gasteiger charge is -2.21. The Balaban J connectivity index is 2.58. The minimum Gasteiger partial charge on any atom is -0.387 e. The van der Waals surface area contributed by atoms with Gasteiger partial charge < -0.3 is 14.6 Å². The second kappa shape index (κ2) is 7.06. The second-order valence-corrected chi connectivity index (χ2v) is 5.09. The maximum absolute atomic E-state index is 10.0. The Bertz CT molecular complexity index is 315. The molecule has 1 heterocycles. The summed E-state index contributed by atoms with van der Waals surface area (Å²) in [6.07, 6.45) is -0.751. The lowest BCUT2D eigenvalue weighted by molar-refractivity contribution is -0.188. The van der Waals surface area contributed by atoms with Crippen LogP contribution in [0.3, 0.4) is 0 Å². The van der Waals surface area contributed by atoms with E-state index in [0.29, 0.717) is 19.6 Å². The Morgan fingerprint density at radius 3 is 2.24 bits per heavy atom. The smallest absolute Gasteiger partial charge is 0.183 e. The maximum atomic E-state index is 10.0. The number of aryl methyl sites for hydroxylation is 2. The molecule has 0 aromatic carbocycles. The van der Waals surface area contributed by atoms with Gasteiger partial charge in [-0.1, -0.05) is 0 Å². The van der Waals surface area contributed by atoms with Crippen LogP contribution >= 0.6 is 11.3 Å². The van der Waals surface area contributed by atoms with Crippen LogP contribution in [-0.2, 0) is 15.9 Å².